The summed E-state index contributed by atoms with van der Waals surface area (Å²) in [5.74, 6) is -0.676. The van der Waals surface area contributed by atoms with Crippen LogP contribution in [0.15, 0.2) is 6.33 Å². The number of hydrogen-bond donors (Lipinski definition) is 3. The molecule has 1 saturated heterocycles. The summed E-state index contributed by atoms with van der Waals surface area (Å²) in [6, 6.07) is 0. The Hall–Kier alpha value is -2.05. The van der Waals surface area contributed by atoms with Crippen molar-refractivity contribution in [2.75, 3.05) is 32.7 Å². The van der Waals surface area contributed by atoms with Crippen molar-refractivity contribution in [1.29, 1.82) is 0 Å². The van der Waals surface area contributed by atoms with Crippen LogP contribution in [0.2, 0.25) is 0 Å². The van der Waals surface area contributed by atoms with Gasteiger partial charge < -0.3 is 35.3 Å². The van der Waals surface area contributed by atoms with Gasteiger partial charge in [-0.15, -0.1) is 0 Å². The first-order chi connectivity index (χ1) is 12.0. The molecule has 1 unspecified atom stereocenters. The van der Waals surface area contributed by atoms with Crippen molar-refractivity contribution in [3.05, 3.63) is 6.33 Å². The first-order valence-electron chi connectivity index (χ1n) is 7.73. The molecule has 0 aliphatic carbocycles. The third-order valence-corrected chi connectivity index (χ3v) is 4.11. The molecule has 1 aliphatic heterocycles. The minimum atomic E-state index is -1.06. The lowest BCUT2D eigenvalue weighted by atomic mass is 10.1. The standard InChI is InChI=1S/C14H21N5O6/c1-18-6-19(11-8(18)12(22)17-14(15)16-11)13-10(24-4-3-23-2)9(21)7(5-20)25-13/h6-7,9-10,13,20-21H,3-5H2,1-2H3,(H2-,15,16,17,22)/t7-,9+,10?,13-/m1/s1. The average molecular weight is 355 g/mol. The Morgan fingerprint density at radius 2 is 2.20 bits per heavy atom. The molecule has 0 amide bonds. The number of aliphatic hydroxyl groups excluding tert-OH is 2. The maximum Gasteiger partial charge on any atom is 0.309 e. The third-order valence-electron chi connectivity index (χ3n) is 4.11. The van der Waals surface area contributed by atoms with E-state index >= 15 is 0 Å². The van der Waals surface area contributed by atoms with E-state index in [1.807, 2.05) is 0 Å². The Kier molecular flexibility index (Phi) is 5.01. The molecule has 4 N–H and O–H groups in total. The van der Waals surface area contributed by atoms with E-state index in [0.29, 0.717) is 6.61 Å². The zero-order valence-corrected chi connectivity index (χ0v) is 13.9. The minimum absolute atomic E-state index is 0.161. The SMILES string of the molecule is COCCOC1[C@@H](O)[C@@H](CO)O[C@H]1[n+]1cn(C)c2c([O-])nc(N)nc21. The number of nitrogens with zero attached hydrogens (tertiary/aromatic N) is 4. The molecular formula is C14H21N5O6. The van der Waals surface area contributed by atoms with Crippen molar-refractivity contribution in [1.82, 2.24) is 14.5 Å². The molecule has 1 aliphatic rings. The minimum Gasteiger partial charge on any atom is -0.856 e. The Labute approximate surface area is 143 Å². The highest BCUT2D eigenvalue weighted by Crippen LogP contribution is 2.30. The van der Waals surface area contributed by atoms with Crippen LogP contribution in [0.25, 0.3) is 11.2 Å². The second-order valence-corrected chi connectivity index (χ2v) is 5.76. The number of fused-ring (bicyclic) bond motifs is 1. The van der Waals surface area contributed by atoms with Crippen molar-refractivity contribution in [3.63, 3.8) is 0 Å². The van der Waals surface area contributed by atoms with E-state index in [1.165, 1.54) is 7.11 Å². The summed E-state index contributed by atoms with van der Waals surface area (Å²) in [4.78, 5) is 7.74. The monoisotopic (exact) mass is 355 g/mol. The summed E-state index contributed by atoms with van der Waals surface area (Å²) < 4.78 is 19.5. The number of anilines is 1. The van der Waals surface area contributed by atoms with Crippen molar-refractivity contribution in [2.45, 2.75) is 24.5 Å². The van der Waals surface area contributed by atoms with Crippen LogP contribution in [-0.4, -0.2) is 70.0 Å². The summed E-state index contributed by atoms with van der Waals surface area (Å²) in [6.45, 7) is 0.183. The first kappa shape index (κ1) is 17.8. The van der Waals surface area contributed by atoms with E-state index in [-0.39, 0.29) is 30.3 Å². The van der Waals surface area contributed by atoms with Gasteiger partial charge >= 0.3 is 5.65 Å². The summed E-state index contributed by atoms with van der Waals surface area (Å²) in [5.41, 5.74) is 6.10. The molecule has 2 aromatic heterocycles. The molecule has 0 saturated carbocycles. The highest BCUT2D eigenvalue weighted by molar-refractivity contribution is 5.74. The molecule has 11 heteroatoms. The van der Waals surface area contributed by atoms with Crippen LogP contribution in [0.1, 0.15) is 6.23 Å². The van der Waals surface area contributed by atoms with Crippen molar-refractivity contribution >= 4 is 17.1 Å². The Balaban J connectivity index is 2.02. The number of aryl methyl sites for hydroxylation is 1. The molecular weight excluding hydrogens is 334 g/mol. The summed E-state index contributed by atoms with van der Waals surface area (Å²) in [7, 11) is 3.20. The maximum atomic E-state index is 12.1. The molecule has 0 bridgehead atoms. The van der Waals surface area contributed by atoms with Gasteiger partial charge in [-0.05, 0) is 0 Å². The predicted molar refractivity (Wildman–Crippen MR) is 81.2 cm³/mol. The predicted octanol–water partition coefficient (Wildman–Crippen LogP) is -2.81. The largest absolute Gasteiger partial charge is 0.856 e. The van der Waals surface area contributed by atoms with Gasteiger partial charge in [-0.3, -0.25) is 4.57 Å². The molecule has 1 fully saturated rings. The summed E-state index contributed by atoms with van der Waals surface area (Å²) in [6.07, 6.45) is -1.88. The van der Waals surface area contributed by atoms with E-state index in [1.54, 1.807) is 22.5 Å². The van der Waals surface area contributed by atoms with Crippen molar-refractivity contribution in [3.8, 4) is 5.88 Å². The molecule has 138 valence electrons. The number of hydrogen-bond acceptors (Lipinski definition) is 9. The number of aromatic nitrogens is 4. The van der Waals surface area contributed by atoms with Crippen molar-refractivity contribution in [2.24, 2.45) is 7.05 Å². The fourth-order valence-electron chi connectivity index (χ4n) is 2.95. The second-order valence-electron chi connectivity index (χ2n) is 5.76. The number of nitrogens with two attached hydrogens (primary N) is 1. The van der Waals surface area contributed by atoms with E-state index in [4.69, 9.17) is 19.9 Å². The van der Waals surface area contributed by atoms with Crippen molar-refractivity contribution < 1.29 is 34.1 Å². The van der Waals surface area contributed by atoms with Crippen LogP contribution in [0.3, 0.4) is 0 Å². The zero-order valence-electron chi connectivity index (χ0n) is 13.9. The van der Waals surface area contributed by atoms with E-state index in [2.05, 4.69) is 9.97 Å². The number of methoxy groups -OCH3 is 1. The molecule has 11 nitrogen and oxygen atoms in total. The molecule has 0 radical (unpaired) electrons. The van der Waals surface area contributed by atoms with Crippen LogP contribution in [-0.2, 0) is 21.3 Å². The quantitative estimate of drug-likeness (QED) is 0.368. The number of nitrogen functional groups attached to an aromatic ring is 1. The number of rotatable bonds is 6. The molecule has 0 spiro atoms. The number of ether oxygens (including phenoxy) is 3. The van der Waals surface area contributed by atoms with E-state index in [9.17, 15) is 15.3 Å². The fraction of sp³-hybridized carbons (Fsp3) is 0.643. The molecule has 4 atom stereocenters. The average Bonchev–Trinajstić information content (AvgIpc) is 3.05. The van der Waals surface area contributed by atoms with Crippen LogP contribution in [0.4, 0.5) is 5.95 Å². The van der Waals surface area contributed by atoms with Gasteiger partial charge in [-0.1, -0.05) is 4.98 Å². The lowest BCUT2D eigenvalue weighted by molar-refractivity contribution is -0.746. The normalized spacial score (nSPS) is 26.6. The fourth-order valence-corrected chi connectivity index (χ4v) is 2.95. The van der Waals surface area contributed by atoms with Crippen LogP contribution in [0.5, 0.6) is 5.88 Å². The molecule has 2 aromatic rings. The first-order valence-corrected chi connectivity index (χ1v) is 7.73. The van der Waals surface area contributed by atoms with Crippen LogP contribution < -0.4 is 15.4 Å². The highest BCUT2D eigenvalue weighted by atomic mass is 16.6. The zero-order chi connectivity index (χ0) is 18.1. The molecule has 3 rings (SSSR count). The molecule has 3 heterocycles. The molecule has 0 aromatic carbocycles. The van der Waals surface area contributed by atoms with Gasteiger partial charge in [0.05, 0.1) is 26.9 Å². The topological polar surface area (TPSA) is 152 Å². The highest BCUT2D eigenvalue weighted by Gasteiger charge is 2.48. The van der Waals surface area contributed by atoms with Gasteiger partial charge in [0.15, 0.2) is 11.8 Å². The lowest BCUT2D eigenvalue weighted by Crippen LogP contribution is -2.47. The van der Waals surface area contributed by atoms with Gasteiger partial charge in [0.25, 0.3) is 5.95 Å². The van der Waals surface area contributed by atoms with Gasteiger partial charge in [0, 0.05) is 13.0 Å². The van der Waals surface area contributed by atoms with Gasteiger partial charge in [-0.25, -0.2) is 9.55 Å². The number of imidazole rings is 1. The second kappa shape index (κ2) is 7.06. The van der Waals surface area contributed by atoms with Gasteiger partial charge in [0.1, 0.15) is 18.3 Å². The van der Waals surface area contributed by atoms with Crippen LogP contribution >= 0.6 is 0 Å². The summed E-state index contributed by atoms with van der Waals surface area (Å²) >= 11 is 0. The van der Waals surface area contributed by atoms with E-state index in [0.717, 1.165) is 0 Å². The van der Waals surface area contributed by atoms with Gasteiger partial charge in [-0.2, -0.15) is 0 Å². The summed E-state index contributed by atoms with van der Waals surface area (Å²) in [5, 5.41) is 31.9. The van der Waals surface area contributed by atoms with Crippen LogP contribution in [0, 0.1) is 0 Å². The van der Waals surface area contributed by atoms with Gasteiger partial charge in [0.2, 0.25) is 6.23 Å². The smallest absolute Gasteiger partial charge is 0.309 e. The Morgan fingerprint density at radius 1 is 1.44 bits per heavy atom. The Morgan fingerprint density at radius 3 is 2.88 bits per heavy atom. The van der Waals surface area contributed by atoms with E-state index < -0.39 is 30.4 Å². The molecule has 25 heavy (non-hydrogen) atoms. The lowest BCUT2D eigenvalue weighted by Gasteiger charge is -2.19. The Bertz CT molecular complexity index is 753. The maximum absolute atomic E-state index is 12.1. The number of aliphatic hydroxyl groups is 2. The third kappa shape index (κ3) is 3.12.